The lowest BCUT2D eigenvalue weighted by Crippen LogP contribution is -1.92. The first-order chi connectivity index (χ1) is 7.22. The van der Waals surface area contributed by atoms with Gasteiger partial charge in [0.1, 0.15) is 4.60 Å². The minimum absolute atomic E-state index is 1.00. The number of rotatable bonds is 2. The van der Waals surface area contributed by atoms with Crippen LogP contribution in [-0.4, -0.2) is 9.78 Å². The van der Waals surface area contributed by atoms with Crippen molar-refractivity contribution >= 4 is 15.9 Å². The van der Waals surface area contributed by atoms with E-state index in [1.807, 2.05) is 11.7 Å². The lowest BCUT2D eigenvalue weighted by molar-refractivity contribution is 0.752. The van der Waals surface area contributed by atoms with Gasteiger partial charge in [-0.15, -0.1) is 0 Å². The number of nitrogens with zero attached hydrogens (tertiary/aromatic N) is 2. The first kappa shape index (κ1) is 10.4. The summed E-state index contributed by atoms with van der Waals surface area (Å²) in [6.07, 6.45) is 1.03. The fourth-order valence-corrected chi connectivity index (χ4v) is 1.95. The standard InChI is InChI=1S/C12H13BrN2/c1-3-9-6-4-5-7-10(9)11-8-12(13)15(2)14-11/h4-8H,3H2,1-2H3. The van der Waals surface area contributed by atoms with Crippen LogP contribution in [0.5, 0.6) is 0 Å². The molecule has 1 heterocycles. The van der Waals surface area contributed by atoms with E-state index in [0.717, 1.165) is 16.7 Å². The average Bonchev–Trinajstić information content (AvgIpc) is 2.59. The lowest BCUT2D eigenvalue weighted by Gasteiger charge is -2.03. The van der Waals surface area contributed by atoms with Gasteiger partial charge in [-0.2, -0.15) is 5.10 Å². The first-order valence-electron chi connectivity index (χ1n) is 5.00. The molecule has 0 bridgehead atoms. The van der Waals surface area contributed by atoms with Crippen molar-refractivity contribution in [3.05, 3.63) is 40.5 Å². The van der Waals surface area contributed by atoms with Crippen molar-refractivity contribution in [2.24, 2.45) is 7.05 Å². The molecule has 2 nitrogen and oxygen atoms in total. The third-order valence-electron chi connectivity index (χ3n) is 2.50. The van der Waals surface area contributed by atoms with Gasteiger partial charge >= 0.3 is 0 Å². The summed E-state index contributed by atoms with van der Waals surface area (Å²) < 4.78 is 2.84. The summed E-state index contributed by atoms with van der Waals surface area (Å²) in [6, 6.07) is 10.4. The fourth-order valence-electron chi connectivity index (χ4n) is 1.65. The van der Waals surface area contributed by atoms with E-state index in [1.54, 1.807) is 0 Å². The summed E-state index contributed by atoms with van der Waals surface area (Å²) in [5, 5.41) is 4.46. The molecule has 0 radical (unpaired) electrons. The molecule has 2 rings (SSSR count). The van der Waals surface area contributed by atoms with Gasteiger partial charge < -0.3 is 0 Å². The Balaban J connectivity index is 2.53. The second-order valence-electron chi connectivity index (χ2n) is 3.49. The molecular weight excluding hydrogens is 252 g/mol. The fraction of sp³-hybridized carbons (Fsp3) is 0.250. The van der Waals surface area contributed by atoms with Crippen LogP contribution < -0.4 is 0 Å². The van der Waals surface area contributed by atoms with Crippen LogP contribution in [0.4, 0.5) is 0 Å². The molecule has 0 amide bonds. The van der Waals surface area contributed by atoms with Crippen molar-refractivity contribution in [3.8, 4) is 11.3 Å². The van der Waals surface area contributed by atoms with E-state index in [4.69, 9.17) is 0 Å². The van der Waals surface area contributed by atoms with Crippen LogP contribution in [0.3, 0.4) is 0 Å². The molecule has 0 fully saturated rings. The molecule has 3 heteroatoms. The second kappa shape index (κ2) is 4.19. The van der Waals surface area contributed by atoms with Crippen LogP contribution in [0.2, 0.25) is 0 Å². The minimum atomic E-state index is 1.00. The predicted octanol–water partition coefficient (Wildman–Crippen LogP) is 3.41. The summed E-state index contributed by atoms with van der Waals surface area (Å²) in [5.74, 6) is 0. The molecule has 0 saturated carbocycles. The van der Waals surface area contributed by atoms with E-state index in [1.165, 1.54) is 11.1 Å². The maximum absolute atomic E-state index is 4.46. The normalized spacial score (nSPS) is 10.6. The SMILES string of the molecule is CCc1ccccc1-c1cc(Br)n(C)n1. The van der Waals surface area contributed by atoms with Crippen LogP contribution >= 0.6 is 15.9 Å². The zero-order chi connectivity index (χ0) is 10.8. The monoisotopic (exact) mass is 264 g/mol. The molecule has 0 aliphatic heterocycles. The predicted molar refractivity (Wildman–Crippen MR) is 65.7 cm³/mol. The second-order valence-corrected chi connectivity index (χ2v) is 4.30. The van der Waals surface area contributed by atoms with Crippen molar-refractivity contribution < 1.29 is 0 Å². The molecular formula is C12H13BrN2. The molecule has 2 aromatic rings. The van der Waals surface area contributed by atoms with E-state index >= 15 is 0 Å². The highest BCUT2D eigenvalue weighted by molar-refractivity contribution is 9.10. The highest BCUT2D eigenvalue weighted by Crippen LogP contribution is 2.25. The Kier molecular flexibility index (Phi) is 2.91. The molecule has 0 aliphatic carbocycles. The third-order valence-corrected chi connectivity index (χ3v) is 3.24. The Bertz CT molecular complexity index is 455. The van der Waals surface area contributed by atoms with Gasteiger partial charge in [-0.3, -0.25) is 4.68 Å². The molecule has 15 heavy (non-hydrogen) atoms. The molecule has 0 atom stereocenters. The summed E-state index contributed by atoms with van der Waals surface area (Å²) in [7, 11) is 1.93. The van der Waals surface area contributed by atoms with Gasteiger partial charge in [0.15, 0.2) is 0 Å². The van der Waals surface area contributed by atoms with Crippen molar-refractivity contribution in [1.29, 1.82) is 0 Å². The Labute approximate surface area is 98.1 Å². The number of aromatic nitrogens is 2. The minimum Gasteiger partial charge on any atom is -0.261 e. The van der Waals surface area contributed by atoms with Crippen LogP contribution in [0.1, 0.15) is 12.5 Å². The number of hydrogen-bond acceptors (Lipinski definition) is 1. The maximum atomic E-state index is 4.46. The quantitative estimate of drug-likeness (QED) is 0.813. The number of benzene rings is 1. The van der Waals surface area contributed by atoms with Gasteiger partial charge in [0.25, 0.3) is 0 Å². The molecule has 1 aromatic heterocycles. The zero-order valence-corrected chi connectivity index (χ0v) is 10.5. The van der Waals surface area contributed by atoms with Crippen molar-refractivity contribution in [2.45, 2.75) is 13.3 Å². The van der Waals surface area contributed by atoms with E-state index in [9.17, 15) is 0 Å². The Morgan fingerprint density at radius 3 is 2.67 bits per heavy atom. The maximum Gasteiger partial charge on any atom is 0.104 e. The van der Waals surface area contributed by atoms with Crippen LogP contribution in [-0.2, 0) is 13.5 Å². The highest BCUT2D eigenvalue weighted by atomic mass is 79.9. The zero-order valence-electron chi connectivity index (χ0n) is 8.87. The van der Waals surface area contributed by atoms with Gasteiger partial charge in [-0.1, -0.05) is 31.2 Å². The van der Waals surface area contributed by atoms with Gasteiger partial charge in [0.05, 0.1) is 5.69 Å². The topological polar surface area (TPSA) is 17.8 Å². The molecule has 0 unspecified atom stereocenters. The molecule has 0 N–H and O–H groups in total. The van der Waals surface area contributed by atoms with Gasteiger partial charge in [0, 0.05) is 12.6 Å². The Morgan fingerprint density at radius 2 is 2.07 bits per heavy atom. The smallest absolute Gasteiger partial charge is 0.104 e. The van der Waals surface area contributed by atoms with Gasteiger partial charge in [0.2, 0.25) is 0 Å². The van der Waals surface area contributed by atoms with Crippen LogP contribution in [0.25, 0.3) is 11.3 Å². The molecule has 1 aromatic carbocycles. The summed E-state index contributed by atoms with van der Waals surface area (Å²) in [4.78, 5) is 0. The van der Waals surface area contributed by atoms with Crippen molar-refractivity contribution in [2.75, 3.05) is 0 Å². The van der Waals surface area contributed by atoms with Crippen molar-refractivity contribution in [3.63, 3.8) is 0 Å². The molecule has 0 spiro atoms. The van der Waals surface area contributed by atoms with Crippen LogP contribution in [0, 0.1) is 0 Å². The lowest BCUT2D eigenvalue weighted by atomic mass is 10.0. The van der Waals surface area contributed by atoms with Gasteiger partial charge in [-0.05, 0) is 34.0 Å². The van der Waals surface area contributed by atoms with E-state index in [0.29, 0.717) is 0 Å². The average molecular weight is 265 g/mol. The number of aryl methyl sites for hydroxylation is 2. The Morgan fingerprint density at radius 1 is 1.33 bits per heavy atom. The van der Waals surface area contributed by atoms with Crippen molar-refractivity contribution in [1.82, 2.24) is 9.78 Å². The third kappa shape index (κ3) is 1.97. The number of hydrogen-bond donors (Lipinski definition) is 0. The van der Waals surface area contributed by atoms with E-state index < -0.39 is 0 Å². The molecule has 0 aliphatic rings. The number of halogens is 1. The summed E-state index contributed by atoms with van der Waals surface area (Å²) in [5.41, 5.74) is 3.59. The molecule has 0 saturated heterocycles. The summed E-state index contributed by atoms with van der Waals surface area (Å²) >= 11 is 3.46. The largest absolute Gasteiger partial charge is 0.261 e. The summed E-state index contributed by atoms with van der Waals surface area (Å²) in [6.45, 7) is 2.16. The molecule has 78 valence electrons. The first-order valence-corrected chi connectivity index (χ1v) is 5.79. The van der Waals surface area contributed by atoms with E-state index in [2.05, 4.69) is 58.3 Å². The van der Waals surface area contributed by atoms with E-state index in [-0.39, 0.29) is 0 Å². The van der Waals surface area contributed by atoms with Gasteiger partial charge in [-0.25, -0.2) is 0 Å². The Hall–Kier alpha value is -1.09. The highest BCUT2D eigenvalue weighted by Gasteiger charge is 2.07. The van der Waals surface area contributed by atoms with Crippen LogP contribution in [0.15, 0.2) is 34.9 Å².